The minimum Gasteiger partial charge on any atom is -0.444 e. The molecule has 11 nitrogen and oxygen atoms in total. The standard InChI is InChI=1S/C33H46N8O3S/c1-33(2,3)44-32(43)41-18-16-40(17-19-41)23-12-14-39(15-13-23)24-10-11-26(34-20-24)36-31-35-21-25-28(37-31)27(22-8-6-7-9-22)29(45-25)30(42)38(4)5/h10-11,20-23H,6-9,12-19H2,1-5H3,(H,34,35,36,37). The van der Waals surface area contributed by atoms with Crippen molar-refractivity contribution in [2.45, 2.75) is 76.9 Å². The number of nitrogens with zero attached hydrogens (tertiary/aromatic N) is 7. The summed E-state index contributed by atoms with van der Waals surface area (Å²) in [5.74, 6) is 1.59. The second-order valence-electron chi connectivity index (χ2n) is 13.7. The average Bonchev–Trinajstić information content (AvgIpc) is 3.68. The maximum atomic E-state index is 13.0. The Labute approximate surface area is 270 Å². The fourth-order valence-corrected chi connectivity index (χ4v) is 7.99. The fourth-order valence-electron chi connectivity index (χ4n) is 6.77. The van der Waals surface area contributed by atoms with Gasteiger partial charge in [-0.1, -0.05) is 12.8 Å². The molecule has 0 bridgehead atoms. The van der Waals surface area contributed by atoms with E-state index in [9.17, 15) is 9.59 Å². The molecule has 0 spiro atoms. The lowest BCUT2D eigenvalue weighted by Crippen LogP contribution is -2.55. The molecule has 0 radical (unpaired) electrons. The van der Waals surface area contributed by atoms with Gasteiger partial charge in [0.2, 0.25) is 5.95 Å². The smallest absolute Gasteiger partial charge is 0.410 e. The van der Waals surface area contributed by atoms with Gasteiger partial charge in [-0.3, -0.25) is 9.69 Å². The van der Waals surface area contributed by atoms with Gasteiger partial charge in [-0.15, -0.1) is 11.3 Å². The van der Waals surface area contributed by atoms with Crippen LogP contribution in [0.15, 0.2) is 24.5 Å². The maximum Gasteiger partial charge on any atom is 0.410 e. The lowest BCUT2D eigenvalue weighted by Gasteiger charge is -2.43. The van der Waals surface area contributed by atoms with Gasteiger partial charge >= 0.3 is 6.09 Å². The number of pyridine rings is 1. The zero-order valence-electron chi connectivity index (χ0n) is 27.2. The minimum absolute atomic E-state index is 0.0384. The molecule has 45 heavy (non-hydrogen) atoms. The van der Waals surface area contributed by atoms with E-state index in [1.165, 1.54) is 24.2 Å². The lowest BCUT2D eigenvalue weighted by molar-refractivity contribution is 0.00901. The first-order valence-corrected chi connectivity index (χ1v) is 17.1. The molecule has 0 atom stereocenters. The number of hydrogen-bond donors (Lipinski definition) is 1. The average molecular weight is 635 g/mol. The van der Waals surface area contributed by atoms with Crippen LogP contribution in [0.4, 0.5) is 22.2 Å². The molecule has 2 aliphatic heterocycles. The number of ether oxygens (including phenoxy) is 1. The van der Waals surface area contributed by atoms with Gasteiger partial charge in [-0.25, -0.2) is 19.7 Å². The summed E-state index contributed by atoms with van der Waals surface area (Å²) in [6.07, 6.45) is 10.3. The van der Waals surface area contributed by atoms with E-state index in [4.69, 9.17) is 14.7 Å². The summed E-state index contributed by atoms with van der Waals surface area (Å²) in [6, 6.07) is 4.62. The van der Waals surface area contributed by atoms with Crippen molar-refractivity contribution < 1.29 is 14.3 Å². The highest BCUT2D eigenvalue weighted by molar-refractivity contribution is 7.21. The fraction of sp³-hybridized carbons (Fsp3) is 0.606. The van der Waals surface area contributed by atoms with Gasteiger partial charge in [-0.05, 0) is 64.5 Å². The second-order valence-corrected chi connectivity index (χ2v) is 14.7. The van der Waals surface area contributed by atoms with Crippen LogP contribution in [0, 0.1) is 0 Å². The Bertz CT molecular complexity index is 1500. The quantitative estimate of drug-likeness (QED) is 0.365. The third-order valence-corrected chi connectivity index (χ3v) is 10.2. The van der Waals surface area contributed by atoms with Gasteiger partial charge in [0.25, 0.3) is 5.91 Å². The zero-order chi connectivity index (χ0) is 31.7. The normalized spacial score (nSPS) is 18.9. The van der Waals surface area contributed by atoms with E-state index in [1.54, 1.807) is 19.0 Å². The van der Waals surface area contributed by atoms with Gasteiger partial charge in [0.05, 0.1) is 33.2 Å². The molecule has 2 saturated heterocycles. The third-order valence-electron chi connectivity index (χ3n) is 9.13. The molecule has 242 valence electrons. The Balaban J connectivity index is 1.05. The predicted molar refractivity (Wildman–Crippen MR) is 179 cm³/mol. The molecular weight excluding hydrogens is 588 g/mol. The number of thiophene rings is 1. The van der Waals surface area contributed by atoms with Crippen molar-refractivity contribution in [2.24, 2.45) is 0 Å². The largest absolute Gasteiger partial charge is 0.444 e. The number of piperidine rings is 1. The number of amides is 2. The van der Waals surface area contributed by atoms with Crippen LogP contribution in [0.1, 0.15) is 80.4 Å². The molecule has 12 heteroatoms. The number of carbonyl (C=O) groups excluding carboxylic acids is 2. The third kappa shape index (κ3) is 7.17. The van der Waals surface area contributed by atoms with Crippen molar-refractivity contribution in [2.75, 3.05) is 63.6 Å². The van der Waals surface area contributed by atoms with E-state index < -0.39 is 5.60 Å². The van der Waals surface area contributed by atoms with Gasteiger partial charge < -0.3 is 24.8 Å². The second kappa shape index (κ2) is 13.1. The van der Waals surface area contributed by atoms with Gasteiger partial charge in [-0.2, -0.15) is 0 Å². The topological polar surface area (TPSA) is 107 Å². The van der Waals surface area contributed by atoms with Crippen molar-refractivity contribution in [3.05, 3.63) is 35.0 Å². The first kappa shape index (κ1) is 31.5. The first-order valence-electron chi connectivity index (χ1n) is 16.3. The summed E-state index contributed by atoms with van der Waals surface area (Å²) in [7, 11) is 3.61. The van der Waals surface area contributed by atoms with Crippen LogP contribution in [0.3, 0.4) is 0 Å². The Morgan fingerprint density at radius 1 is 0.956 bits per heavy atom. The Morgan fingerprint density at radius 2 is 1.67 bits per heavy atom. The molecule has 3 fully saturated rings. The van der Waals surface area contributed by atoms with Crippen LogP contribution in [0.25, 0.3) is 10.2 Å². The number of nitrogens with one attached hydrogen (secondary N) is 1. The molecule has 0 unspecified atom stereocenters. The van der Waals surface area contributed by atoms with Crippen LogP contribution in [-0.2, 0) is 4.74 Å². The van der Waals surface area contributed by atoms with Crippen molar-refractivity contribution >= 4 is 51.0 Å². The summed E-state index contributed by atoms with van der Waals surface area (Å²) in [6.45, 7) is 10.9. The summed E-state index contributed by atoms with van der Waals surface area (Å²) < 4.78 is 6.50. The van der Waals surface area contributed by atoms with Gasteiger partial charge in [0.15, 0.2) is 0 Å². The number of aromatic nitrogens is 3. The molecule has 1 aliphatic carbocycles. The van der Waals surface area contributed by atoms with Crippen LogP contribution in [0.5, 0.6) is 0 Å². The first-order chi connectivity index (χ1) is 21.6. The highest BCUT2D eigenvalue weighted by atomic mass is 32.1. The predicted octanol–water partition coefficient (Wildman–Crippen LogP) is 5.71. The molecule has 5 heterocycles. The molecule has 1 N–H and O–H groups in total. The summed E-state index contributed by atoms with van der Waals surface area (Å²) in [5.41, 5.74) is 2.63. The molecule has 1 saturated carbocycles. The number of carbonyl (C=O) groups is 2. The summed E-state index contributed by atoms with van der Waals surface area (Å²) in [4.78, 5) is 48.8. The summed E-state index contributed by atoms with van der Waals surface area (Å²) >= 11 is 1.50. The van der Waals surface area contributed by atoms with Crippen LogP contribution < -0.4 is 10.2 Å². The van der Waals surface area contributed by atoms with Crippen LogP contribution in [0.2, 0.25) is 0 Å². The van der Waals surface area contributed by atoms with Gasteiger partial charge in [0, 0.05) is 65.0 Å². The minimum atomic E-state index is -0.464. The molecule has 6 rings (SSSR count). The van der Waals surface area contributed by atoms with E-state index in [1.807, 2.05) is 44.1 Å². The van der Waals surface area contributed by atoms with Crippen LogP contribution >= 0.6 is 11.3 Å². The number of hydrogen-bond acceptors (Lipinski definition) is 10. The monoisotopic (exact) mass is 634 g/mol. The van der Waals surface area contributed by atoms with Gasteiger partial charge in [0.1, 0.15) is 11.4 Å². The van der Waals surface area contributed by atoms with E-state index in [0.29, 0.717) is 36.8 Å². The maximum absolute atomic E-state index is 13.0. The highest BCUT2D eigenvalue weighted by Gasteiger charge is 2.32. The molecule has 3 aromatic rings. The lowest BCUT2D eigenvalue weighted by atomic mass is 9.96. The Hall–Kier alpha value is -3.51. The van der Waals surface area contributed by atoms with E-state index in [-0.39, 0.29) is 12.0 Å². The summed E-state index contributed by atoms with van der Waals surface area (Å²) in [5, 5.41) is 3.29. The number of anilines is 3. The SMILES string of the molecule is CN(C)C(=O)c1sc2cnc(Nc3ccc(N4CCC(N5CCN(C(=O)OC(C)(C)C)CC5)CC4)cn3)nc2c1C1CCCC1. The number of piperazine rings is 1. The molecular formula is C33H46N8O3S. The Morgan fingerprint density at radius 3 is 2.29 bits per heavy atom. The molecule has 0 aromatic carbocycles. The Kier molecular flexibility index (Phi) is 9.15. The van der Waals surface area contributed by atoms with Crippen molar-refractivity contribution in [3.63, 3.8) is 0 Å². The van der Waals surface area contributed by atoms with Crippen LogP contribution in [-0.4, -0.2) is 107 Å². The number of rotatable bonds is 6. The van der Waals surface area contributed by atoms with E-state index >= 15 is 0 Å². The van der Waals surface area contributed by atoms with E-state index in [2.05, 4.69) is 26.2 Å². The highest BCUT2D eigenvalue weighted by Crippen LogP contribution is 2.43. The zero-order valence-corrected chi connectivity index (χ0v) is 28.0. The van der Waals surface area contributed by atoms with Crippen molar-refractivity contribution in [3.8, 4) is 0 Å². The molecule has 3 aliphatic rings. The number of fused-ring (bicyclic) bond motifs is 1. The van der Waals surface area contributed by atoms with Crippen molar-refractivity contribution in [1.29, 1.82) is 0 Å². The van der Waals surface area contributed by atoms with E-state index in [0.717, 1.165) is 78.2 Å². The molecule has 2 amide bonds. The van der Waals surface area contributed by atoms with Crippen molar-refractivity contribution in [1.82, 2.24) is 29.7 Å². The molecule has 3 aromatic heterocycles.